The summed E-state index contributed by atoms with van der Waals surface area (Å²) in [5.41, 5.74) is 9.94. The number of benzene rings is 1. The van der Waals surface area contributed by atoms with E-state index in [9.17, 15) is 0 Å². The Balaban J connectivity index is 1.93. The molecule has 0 fully saturated rings. The average molecular weight is 361 g/mol. The number of aryl methyl sites for hydroxylation is 4. The van der Waals surface area contributed by atoms with Crippen LogP contribution in [0.5, 0.6) is 0 Å². The van der Waals surface area contributed by atoms with Crippen molar-refractivity contribution in [3.63, 3.8) is 0 Å². The minimum atomic E-state index is 0.578. The Bertz CT molecular complexity index is 1010. The predicted molar refractivity (Wildman–Crippen MR) is 112 cm³/mol. The van der Waals surface area contributed by atoms with Gasteiger partial charge in [0.15, 0.2) is 0 Å². The maximum absolute atomic E-state index is 4.70. The van der Waals surface area contributed by atoms with Crippen LogP contribution in [0.3, 0.4) is 0 Å². The van der Waals surface area contributed by atoms with E-state index < -0.39 is 0 Å². The zero-order chi connectivity index (χ0) is 19.7. The van der Waals surface area contributed by atoms with Gasteiger partial charge in [-0.15, -0.1) is 0 Å². The Morgan fingerprint density at radius 1 is 0.704 bits per heavy atom. The fraction of sp³-hybridized carbons (Fsp3) is 0.318. The van der Waals surface area contributed by atoms with Crippen LogP contribution in [0, 0.1) is 48.5 Å². The number of hydrogen-bond acceptors (Lipinski definition) is 5. The van der Waals surface area contributed by atoms with E-state index in [-0.39, 0.29) is 0 Å². The van der Waals surface area contributed by atoms with Crippen LogP contribution in [0.15, 0.2) is 24.4 Å². The van der Waals surface area contributed by atoms with Gasteiger partial charge in [0, 0.05) is 34.5 Å². The minimum absolute atomic E-state index is 0.578. The van der Waals surface area contributed by atoms with Gasteiger partial charge in [-0.1, -0.05) is 6.07 Å². The first-order chi connectivity index (χ1) is 12.8. The van der Waals surface area contributed by atoms with Crippen LogP contribution in [0.2, 0.25) is 0 Å². The van der Waals surface area contributed by atoms with E-state index in [2.05, 4.69) is 60.4 Å². The summed E-state index contributed by atoms with van der Waals surface area (Å²) in [6, 6.07) is 6.24. The molecule has 0 spiro atoms. The first kappa shape index (κ1) is 18.8. The first-order valence-electron chi connectivity index (χ1n) is 9.15. The van der Waals surface area contributed by atoms with Gasteiger partial charge in [-0.2, -0.15) is 4.98 Å². The van der Waals surface area contributed by atoms with Crippen LogP contribution in [-0.2, 0) is 0 Å². The quantitative estimate of drug-likeness (QED) is 0.641. The van der Waals surface area contributed by atoms with Gasteiger partial charge in [-0.3, -0.25) is 4.98 Å². The molecule has 0 saturated carbocycles. The van der Waals surface area contributed by atoms with Gasteiger partial charge in [0.2, 0.25) is 5.95 Å². The fourth-order valence-electron chi connectivity index (χ4n) is 2.99. The lowest BCUT2D eigenvalue weighted by molar-refractivity contribution is 1.08. The lowest BCUT2D eigenvalue weighted by Crippen LogP contribution is -2.06. The number of rotatable bonds is 4. The predicted octanol–water partition coefficient (Wildman–Crippen LogP) is 5.52. The first-order valence-corrected chi connectivity index (χ1v) is 9.15. The summed E-state index contributed by atoms with van der Waals surface area (Å²) in [5, 5.41) is 6.81. The summed E-state index contributed by atoms with van der Waals surface area (Å²) >= 11 is 0. The van der Waals surface area contributed by atoms with Gasteiger partial charge in [0.05, 0.1) is 0 Å². The SMILES string of the molecule is Cc1cc(Nc2nc(Nc3ccc(C)c(C)c3C)ncc2C)c(C)c(C)n1. The Morgan fingerprint density at radius 3 is 2.19 bits per heavy atom. The molecule has 5 nitrogen and oxygen atoms in total. The van der Waals surface area contributed by atoms with Crippen molar-refractivity contribution in [2.45, 2.75) is 48.5 Å². The summed E-state index contributed by atoms with van der Waals surface area (Å²) in [7, 11) is 0. The van der Waals surface area contributed by atoms with Crippen molar-refractivity contribution >= 4 is 23.1 Å². The molecule has 0 bridgehead atoms. The molecule has 3 aromatic rings. The Labute approximate surface area is 161 Å². The summed E-state index contributed by atoms with van der Waals surface area (Å²) in [6.45, 7) is 14.5. The highest BCUT2D eigenvalue weighted by Gasteiger charge is 2.10. The molecule has 0 aliphatic heterocycles. The fourth-order valence-corrected chi connectivity index (χ4v) is 2.99. The lowest BCUT2D eigenvalue weighted by atomic mass is 10.0. The highest BCUT2D eigenvalue weighted by Crippen LogP contribution is 2.27. The van der Waals surface area contributed by atoms with E-state index in [0.29, 0.717) is 5.95 Å². The van der Waals surface area contributed by atoms with E-state index >= 15 is 0 Å². The van der Waals surface area contributed by atoms with Gasteiger partial charge in [0.25, 0.3) is 0 Å². The maximum atomic E-state index is 4.70. The molecule has 2 aromatic heterocycles. The lowest BCUT2D eigenvalue weighted by Gasteiger charge is -2.16. The number of nitrogens with one attached hydrogen (secondary N) is 2. The molecule has 2 heterocycles. The Kier molecular flexibility index (Phi) is 5.13. The maximum Gasteiger partial charge on any atom is 0.229 e. The van der Waals surface area contributed by atoms with Crippen LogP contribution in [-0.4, -0.2) is 15.0 Å². The highest BCUT2D eigenvalue weighted by atomic mass is 15.1. The number of pyridine rings is 1. The van der Waals surface area contributed by atoms with E-state index in [1.165, 1.54) is 16.7 Å². The van der Waals surface area contributed by atoms with Gasteiger partial charge < -0.3 is 10.6 Å². The van der Waals surface area contributed by atoms with Gasteiger partial charge >= 0.3 is 0 Å². The molecule has 140 valence electrons. The third-order valence-electron chi connectivity index (χ3n) is 5.17. The molecule has 0 atom stereocenters. The van der Waals surface area contributed by atoms with Crippen LogP contribution in [0.25, 0.3) is 0 Å². The summed E-state index contributed by atoms with van der Waals surface area (Å²) in [4.78, 5) is 13.7. The second-order valence-electron chi connectivity index (χ2n) is 7.18. The number of hydrogen-bond donors (Lipinski definition) is 2. The molecule has 1 aromatic carbocycles. The molecule has 2 N–H and O–H groups in total. The largest absolute Gasteiger partial charge is 0.340 e. The molecule has 0 saturated heterocycles. The molecule has 5 heteroatoms. The smallest absolute Gasteiger partial charge is 0.229 e. The van der Waals surface area contributed by atoms with E-state index in [1.807, 2.05) is 33.0 Å². The second kappa shape index (κ2) is 7.35. The van der Waals surface area contributed by atoms with E-state index in [1.54, 1.807) is 0 Å². The normalized spacial score (nSPS) is 10.8. The molecule has 0 aliphatic carbocycles. The average Bonchev–Trinajstić information content (AvgIpc) is 2.62. The molecular weight excluding hydrogens is 334 g/mol. The van der Waals surface area contributed by atoms with Crippen LogP contribution in [0.1, 0.15) is 39.2 Å². The minimum Gasteiger partial charge on any atom is -0.340 e. The summed E-state index contributed by atoms with van der Waals surface area (Å²) < 4.78 is 0. The van der Waals surface area contributed by atoms with Crippen LogP contribution >= 0.6 is 0 Å². The molecule has 27 heavy (non-hydrogen) atoms. The van der Waals surface area contributed by atoms with Gasteiger partial charge in [0.1, 0.15) is 5.82 Å². The molecule has 0 amide bonds. The zero-order valence-electron chi connectivity index (χ0n) is 17.2. The van der Waals surface area contributed by atoms with Crippen molar-refractivity contribution in [1.82, 2.24) is 15.0 Å². The van der Waals surface area contributed by atoms with E-state index in [4.69, 9.17) is 4.98 Å². The molecule has 0 radical (unpaired) electrons. The zero-order valence-corrected chi connectivity index (χ0v) is 17.2. The molecule has 0 aliphatic rings. The molecule has 3 rings (SSSR count). The van der Waals surface area contributed by atoms with Crippen LogP contribution < -0.4 is 10.6 Å². The topological polar surface area (TPSA) is 62.7 Å². The van der Waals surface area contributed by atoms with Crippen molar-refractivity contribution in [2.75, 3.05) is 10.6 Å². The van der Waals surface area contributed by atoms with Crippen molar-refractivity contribution in [2.24, 2.45) is 0 Å². The number of aromatic nitrogens is 3. The van der Waals surface area contributed by atoms with E-state index in [0.717, 1.165) is 39.7 Å². The standard InChI is InChI=1S/C22H27N5/c1-12-8-9-19(16(5)15(12)4)26-22-23-11-13(2)21(27-22)25-20-10-14(3)24-18(7)17(20)6/h8-11H,1-7H3,(H2,23,24,25,26,27). The second-order valence-corrected chi connectivity index (χ2v) is 7.18. The monoisotopic (exact) mass is 361 g/mol. The highest BCUT2D eigenvalue weighted by molar-refractivity contribution is 5.66. The summed E-state index contributed by atoms with van der Waals surface area (Å²) in [6.07, 6.45) is 1.84. The van der Waals surface area contributed by atoms with Gasteiger partial charge in [-0.05, 0) is 82.9 Å². The number of nitrogens with zero attached hydrogens (tertiary/aromatic N) is 3. The third kappa shape index (κ3) is 3.92. The molecular formula is C22H27N5. The Hall–Kier alpha value is -2.95. The number of anilines is 4. The van der Waals surface area contributed by atoms with Crippen LogP contribution in [0.4, 0.5) is 23.1 Å². The Morgan fingerprint density at radius 2 is 1.44 bits per heavy atom. The summed E-state index contributed by atoms with van der Waals surface area (Å²) in [5.74, 6) is 1.37. The van der Waals surface area contributed by atoms with Crippen molar-refractivity contribution in [3.05, 3.63) is 63.6 Å². The van der Waals surface area contributed by atoms with Crippen molar-refractivity contribution in [3.8, 4) is 0 Å². The molecule has 0 unspecified atom stereocenters. The van der Waals surface area contributed by atoms with Gasteiger partial charge in [-0.25, -0.2) is 4.98 Å². The van der Waals surface area contributed by atoms with Crippen molar-refractivity contribution in [1.29, 1.82) is 0 Å². The third-order valence-corrected chi connectivity index (χ3v) is 5.17. The van der Waals surface area contributed by atoms with Crippen molar-refractivity contribution < 1.29 is 0 Å².